The topological polar surface area (TPSA) is 58.2 Å². The van der Waals surface area contributed by atoms with Crippen LogP contribution in [0.5, 0.6) is 0 Å². The summed E-state index contributed by atoms with van der Waals surface area (Å²) in [7, 11) is 0. The lowest BCUT2D eigenvalue weighted by Gasteiger charge is -2.41. The van der Waals surface area contributed by atoms with Crippen LogP contribution in [0.25, 0.3) is 0 Å². The van der Waals surface area contributed by atoms with Crippen LogP contribution in [0, 0.1) is 0 Å². The summed E-state index contributed by atoms with van der Waals surface area (Å²) in [6.45, 7) is 0. The van der Waals surface area contributed by atoms with Gasteiger partial charge in [0.1, 0.15) is 5.54 Å². The van der Waals surface area contributed by atoms with Crippen LogP contribution in [0.15, 0.2) is 0 Å². The largest absolute Gasteiger partial charge is 0.323 e. The summed E-state index contributed by atoms with van der Waals surface area (Å²) in [5, 5.41) is 5.22. The van der Waals surface area contributed by atoms with Crippen LogP contribution < -0.4 is 10.6 Å². The average Bonchev–Trinajstić information content (AvgIpc) is 2.75. The fourth-order valence-corrected chi connectivity index (χ4v) is 6.39. The van der Waals surface area contributed by atoms with E-state index in [-0.39, 0.29) is 16.0 Å². The van der Waals surface area contributed by atoms with Crippen LogP contribution in [-0.2, 0) is 4.79 Å². The van der Waals surface area contributed by atoms with E-state index in [1.807, 2.05) is 23.5 Å². The Kier molecular flexibility index (Phi) is 2.40. The second-order valence-electron chi connectivity index (χ2n) is 4.63. The molecule has 0 unspecified atom stereocenters. The molecule has 6 heteroatoms. The molecule has 2 saturated heterocycles. The molecule has 2 N–H and O–H groups in total. The normalized spacial score (nSPS) is 36.8. The zero-order valence-corrected chi connectivity index (χ0v) is 10.5. The summed E-state index contributed by atoms with van der Waals surface area (Å²) in [4.78, 5) is 23.2. The molecule has 3 amide bonds. The van der Waals surface area contributed by atoms with Gasteiger partial charge in [0.15, 0.2) is 0 Å². The smallest absolute Gasteiger partial charge is 0.322 e. The molecule has 2 spiro atoms. The first-order valence-electron chi connectivity index (χ1n) is 5.56. The van der Waals surface area contributed by atoms with Crippen molar-refractivity contribution < 1.29 is 9.59 Å². The van der Waals surface area contributed by atoms with Crippen molar-refractivity contribution in [2.45, 2.75) is 35.3 Å². The Bertz CT molecular complexity index is 355. The van der Waals surface area contributed by atoms with Crippen molar-refractivity contribution in [2.24, 2.45) is 0 Å². The lowest BCUT2D eigenvalue weighted by atomic mass is 9.81. The molecule has 1 atom stereocenters. The van der Waals surface area contributed by atoms with Crippen LogP contribution in [0.3, 0.4) is 0 Å². The Morgan fingerprint density at radius 3 is 2.50 bits per heavy atom. The Morgan fingerprint density at radius 2 is 1.88 bits per heavy atom. The Morgan fingerprint density at radius 1 is 1.12 bits per heavy atom. The predicted molar refractivity (Wildman–Crippen MR) is 65.5 cm³/mol. The number of hydrogen-bond donors (Lipinski definition) is 2. The molecule has 3 rings (SSSR count). The summed E-state index contributed by atoms with van der Waals surface area (Å²) in [6, 6.07) is -0.324. The third-order valence-corrected chi connectivity index (χ3v) is 7.09. The van der Waals surface area contributed by atoms with Crippen molar-refractivity contribution in [3.63, 3.8) is 0 Å². The molecule has 2 aliphatic heterocycles. The van der Waals surface area contributed by atoms with E-state index in [0.717, 1.165) is 37.2 Å². The van der Waals surface area contributed by atoms with E-state index >= 15 is 0 Å². The Labute approximate surface area is 103 Å². The molecule has 0 radical (unpaired) electrons. The maximum atomic E-state index is 11.9. The van der Waals surface area contributed by atoms with E-state index in [0.29, 0.717) is 0 Å². The fraction of sp³-hybridized carbons (Fsp3) is 0.800. The Balaban J connectivity index is 1.86. The van der Waals surface area contributed by atoms with Crippen LogP contribution in [0.4, 0.5) is 4.79 Å². The molecular weight excluding hydrogens is 244 g/mol. The van der Waals surface area contributed by atoms with E-state index in [2.05, 4.69) is 10.6 Å². The maximum absolute atomic E-state index is 11.9. The zero-order valence-electron chi connectivity index (χ0n) is 8.88. The van der Waals surface area contributed by atoms with Gasteiger partial charge in [-0.25, -0.2) is 4.79 Å². The number of carbonyl (C=O) groups is 2. The quantitative estimate of drug-likeness (QED) is 0.643. The molecule has 4 nitrogen and oxygen atoms in total. The van der Waals surface area contributed by atoms with Crippen molar-refractivity contribution in [3.05, 3.63) is 0 Å². The molecule has 3 fully saturated rings. The van der Waals surface area contributed by atoms with Gasteiger partial charge in [-0.15, -0.1) is 23.5 Å². The molecule has 88 valence electrons. The van der Waals surface area contributed by atoms with E-state index in [4.69, 9.17) is 0 Å². The Hall–Kier alpha value is -0.360. The third-order valence-electron chi connectivity index (χ3n) is 3.56. The minimum atomic E-state index is -0.611. The molecule has 2 heterocycles. The van der Waals surface area contributed by atoms with Gasteiger partial charge in [-0.2, -0.15) is 0 Å². The van der Waals surface area contributed by atoms with E-state index in [1.54, 1.807) is 0 Å². The monoisotopic (exact) mass is 258 g/mol. The number of nitrogens with one attached hydrogen (secondary N) is 2. The van der Waals surface area contributed by atoms with Crippen molar-refractivity contribution in [3.8, 4) is 0 Å². The van der Waals surface area contributed by atoms with Crippen LogP contribution in [0.1, 0.15) is 25.7 Å². The highest BCUT2D eigenvalue weighted by atomic mass is 32.2. The molecule has 16 heavy (non-hydrogen) atoms. The van der Waals surface area contributed by atoms with Gasteiger partial charge in [-0.1, -0.05) is 0 Å². The molecule has 0 aromatic heterocycles. The van der Waals surface area contributed by atoms with Crippen molar-refractivity contribution >= 4 is 35.5 Å². The molecule has 3 aliphatic rings. The standard InChI is InChI=1S/C10H14N2O2S2/c13-7-9(12-8(14)11-7)2-1-3-10(6-9)15-4-5-16-10/h1-6H2,(H2,11,12,13,14)/t9-/m0/s1. The maximum Gasteiger partial charge on any atom is 0.322 e. The molecule has 1 aliphatic carbocycles. The van der Waals surface area contributed by atoms with Crippen LogP contribution in [-0.4, -0.2) is 33.1 Å². The number of amides is 3. The van der Waals surface area contributed by atoms with Gasteiger partial charge < -0.3 is 5.32 Å². The van der Waals surface area contributed by atoms with Gasteiger partial charge >= 0.3 is 6.03 Å². The van der Waals surface area contributed by atoms with Crippen molar-refractivity contribution in [1.82, 2.24) is 10.6 Å². The minimum Gasteiger partial charge on any atom is -0.323 e. The van der Waals surface area contributed by atoms with Gasteiger partial charge in [-0.05, 0) is 19.3 Å². The second-order valence-corrected chi connectivity index (χ2v) is 7.84. The lowest BCUT2D eigenvalue weighted by Crippen LogP contribution is -2.53. The molecule has 0 aromatic rings. The van der Waals surface area contributed by atoms with Gasteiger partial charge in [-0.3, -0.25) is 10.1 Å². The summed E-state index contributed by atoms with van der Waals surface area (Å²) in [6.07, 6.45) is 3.75. The van der Waals surface area contributed by atoms with Gasteiger partial charge in [0.25, 0.3) is 5.91 Å². The van der Waals surface area contributed by atoms with Crippen molar-refractivity contribution in [1.29, 1.82) is 0 Å². The second kappa shape index (κ2) is 3.57. The van der Waals surface area contributed by atoms with Crippen LogP contribution >= 0.6 is 23.5 Å². The number of carbonyl (C=O) groups excluding carboxylic acids is 2. The first kappa shape index (κ1) is 10.8. The highest BCUT2D eigenvalue weighted by Crippen LogP contribution is 2.55. The highest BCUT2D eigenvalue weighted by molar-refractivity contribution is 8.21. The summed E-state index contributed by atoms with van der Waals surface area (Å²) in [5.74, 6) is 2.21. The SMILES string of the molecule is O=C1NC(=O)[C@@]2(CCCC3(C2)SCCS3)N1. The van der Waals surface area contributed by atoms with E-state index in [1.165, 1.54) is 0 Å². The van der Waals surface area contributed by atoms with Crippen molar-refractivity contribution in [2.75, 3.05) is 11.5 Å². The molecule has 0 bridgehead atoms. The lowest BCUT2D eigenvalue weighted by molar-refractivity contribution is -0.125. The summed E-state index contributed by atoms with van der Waals surface area (Å²) >= 11 is 3.92. The highest BCUT2D eigenvalue weighted by Gasteiger charge is 2.54. The number of hydrogen-bond acceptors (Lipinski definition) is 4. The number of rotatable bonds is 0. The molecular formula is C10H14N2O2S2. The first-order chi connectivity index (χ1) is 7.64. The molecule has 1 saturated carbocycles. The predicted octanol–water partition coefficient (Wildman–Crippen LogP) is 1.31. The summed E-state index contributed by atoms with van der Waals surface area (Å²) in [5.41, 5.74) is -0.611. The van der Waals surface area contributed by atoms with E-state index in [9.17, 15) is 9.59 Å². The average molecular weight is 258 g/mol. The number of imide groups is 1. The molecule has 0 aromatic carbocycles. The number of urea groups is 1. The minimum absolute atomic E-state index is 0.121. The van der Waals surface area contributed by atoms with Gasteiger partial charge in [0.05, 0.1) is 4.08 Å². The zero-order chi connectivity index (χ0) is 11.2. The van der Waals surface area contributed by atoms with E-state index < -0.39 is 5.54 Å². The van der Waals surface area contributed by atoms with Gasteiger partial charge in [0.2, 0.25) is 0 Å². The third kappa shape index (κ3) is 1.54. The summed E-state index contributed by atoms with van der Waals surface area (Å²) < 4.78 is 0.174. The first-order valence-corrected chi connectivity index (χ1v) is 7.53. The van der Waals surface area contributed by atoms with Gasteiger partial charge in [0, 0.05) is 17.9 Å². The van der Waals surface area contributed by atoms with Crippen LogP contribution in [0.2, 0.25) is 0 Å². The number of thioether (sulfide) groups is 2. The fourth-order valence-electron chi connectivity index (χ4n) is 2.87.